The number of benzene rings is 1. The van der Waals surface area contributed by atoms with Gasteiger partial charge in [0, 0.05) is 38.9 Å². The van der Waals surface area contributed by atoms with Crippen LogP contribution in [-0.4, -0.2) is 69.1 Å². The van der Waals surface area contributed by atoms with Gasteiger partial charge in [-0.3, -0.25) is 9.78 Å². The van der Waals surface area contributed by atoms with E-state index in [1.165, 1.54) is 16.7 Å². The van der Waals surface area contributed by atoms with Crippen LogP contribution in [0.3, 0.4) is 0 Å². The Bertz CT molecular complexity index is 1990. The number of piperazine rings is 1. The molecule has 1 aromatic carbocycles. The van der Waals surface area contributed by atoms with Gasteiger partial charge in [0.15, 0.2) is 11.5 Å². The number of nitrogens with two attached hydrogens (primary N) is 1. The van der Waals surface area contributed by atoms with Crippen LogP contribution in [0, 0.1) is 12.7 Å². The molecule has 2 atom stereocenters. The molecule has 2 aliphatic rings. The van der Waals surface area contributed by atoms with E-state index < -0.39 is 11.5 Å². The average molecular weight is 686 g/mol. The van der Waals surface area contributed by atoms with E-state index >= 15 is 4.39 Å². The van der Waals surface area contributed by atoms with Gasteiger partial charge in [-0.25, -0.2) is 18.7 Å². The molecule has 0 bridgehead atoms. The first-order chi connectivity index (χ1) is 21.8. The Kier molecular flexibility index (Phi) is 8.15. The van der Waals surface area contributed by atoms with Crippen molar-refractivity contribution in [1.29, 1.82) is 0 Å². The van der Waals surface area contributed by atoms with Gasteiger partial charge in [0.2, 0.25) is 5.91 Å². The first kappa shape index (κ1) is 32.0. The van der Waals surface area contributed by atoms with Gasteiger partial charge >= 0.3 is 5.69 Å². The summed E-state index contributed by atoms with van der Waals surface area (Å²) in [7, 11) is 1.84. The summed E-state index contributed by atoms with van der Waals surface area (Å²) >= 11 is 19.8. The molecule has 4 aromatic rings. The second kappa shape index (κ2) is 11.7. The summed E-state index contributed by atoms with van der Waals surface area (Å²) in [5.74, 6) is -0.746. The number of rotatable bonds is 4. The lowest BCUT2D eigenvalue weighted by atomic mass is 10.0. The van der Waals surface area contributed by atoms with Crippen molar-refractivity contribution in [3.05, 3.63) is 73.6 Å². The minimum Gasteiger partial charge on any atom is -0.397 e. The summed E-state index contributed by atoms with van der Waals surface area (Å²) in [5.41, 5.74) is 7.99. The monoisotopic (exact) mass is 684 g/mol. The van der Waals surface area contributed by atoms with E-state index in [0.29, 0.717) is 47.9 Å². The second-order valence-corrected chi connectivity index (χ2v) is 13.3. The predicted molar refractivity (Wildman–Crippen MR) is 182 cm³/mol. The molecule has 1 saturated heterocycles. The number of pyridine rings is 2. The summed E-state index contributed by atoms with van der Waals surface area (Å²) < 4.78 is 17.3. The van der Waals surface area contributed by atoms with Crippen molar-refractivity contribution in [2.45, 2.75) is 45.7 Å². The van der Waals surface area contributed by atoms with E-state index in [-0.39, 0.29) is 61.6 Å². The Morgan fingerprint density at radius 2 is 1.87 bits per heavy atom. The van der Waals surface area contributed by atoms with E-state index in [2.05, 4.69) is 16.5 Å². The molecule has 1 amide bonds. The van der Waals surface area contributed by atoms with Gasteiger partial charge in [0.05, 0.1) is 60.5 Å². The number of halogens is 4. The van der Waals surface area contributed by atoms with Crippen LogP contribution in [0.5, 0.6) is 0 Å². The van der Waals surface area contributed by atoms with Gasteiger partial charge in [-0.2, -0.15) is 4.98 Å². The average Bonchev–Trinajstić information content (AvgIpc) is 3.12. The van der Waals surface area contributed by atoms with Crippen LogP contribution >= 0.6 is 34.8 Å². The molecule has 0 saturated carbocycles. The minimum absolute atomic E-state index is 0.0229. The number of nitrogens with zero attached hydrogens (tertiary/aromatic N) is 7. The molecule has 6 rings (SSSR count). The number of amides is 1. The van der Waals surface area contributed by atoms with E-state index in [0.717, 1.165) is 5.56 Å². The third-order valence-electron chi connectivity index (χ3n) is 8.73. The van der Waals surface area contributed by atoms with Crippen molar-refractivity contribution in [3.63, 3.8) is 0 Å². The number of nitrogen functional groups attached to an aromatic ring is 1. The van der Waals surface area contributed by atoms with E-state index in [1.54, 1.807) is 17.2 Å². The molecule has 0 spiro atoms. The van der Waals surface area contributed by atoms with Crippen LogP contribution in [0.2, 0.25) is 15.1 Å². The number of hydrogen-bond donors (Lipinski definition) is 1. The zero-order valence-electron chi connectivity index (χ0n) is 25.9. The van der Waals surface area contributed by atoms with Gasteiger partial charge in [-0.15, -0.1) is 0 Å². The molecule has 46 heavy (non-hydrogen) atoms. The maximum Gasteiger partial charge on any atom is 0.355 e. The van der Waals surface area contributed by atoms with Crippen molar-refractivity contribution in [2.75, 3.05) is 42.2 Å². The van der Waals surface area contributed by atoms with E-state index in [1.807, 2.05) is 44.5 Å². The lowest BCUT2D eigenvalue weighted by Crippen LogP contribution is -2.61. The molecule has 10 nitrogen and oxygen atoms in total. The maximum absolute atomic E-state index is 15.9. The summed E-state index contributed by atoms with van der Waals surface area (Å²) in [5, 5.41) is 0.322. The highest BCUT2D eigenvalue weighted by Gasteiger charge is 2.40. The number of aromatic nitrogens is 4. The predicted octanol–water partition coefficient (Wildman–Crippen LogP) is 6.00. The molecule has 0 aliphatic carbocycles. The summed E-state index contributed by atoms with van der Waals surface area (Å²) in [6, 6.07) is 2.52. The van der Waals surface area contributed by atoms with Crippen LogP contribution in [0.1, 0.15) is 37.9 Å². The second-order valence-electron chi connectivity index (χ2n) is 12.1. The van der Waals surface area contributed by atoms with Gasteiger partial charge in [0.1, 0.15) is 5.82 Å². The molecule has 2 unspecified atom stereocenters. The van der Waals surface area contributed by atoms with Crippen molar-refractivity contribution >= 4 is 68.9 Å². The number of fused-ring (bicyclic) bond motifs is 2. The Balaban J connectivity index is 1.78. The number of likely N-dealkylation sites (N-methyl/N-ethyl adjacent to an activating group) is 1. The Labute approximate surface area is 280 Å². The third-order valence-corrected chi connectivity index (χ3v) is 9.68. The van der Waals surface area contributed by atoms with E-state index in [4.69, 9.17) is 45.5 Å². The third kappa shape index (κ3) is 4.87. The van der Waals surface area contributed by atoms with Crippen LogP contribution in [-0.2, 0) is 4.79 Å². The normalized spacial score (nSPS) is 17.8. The molecule has 2 aliphatic heterocycles. The highest BCUT2D eigenvalue weighted by Crippen LogP contribution is 2.48. The summed E-state index contributed by atoms with van der Waals surface area (Å²) in [4.78, 5) is 47.0. The number of hydrogen-bond acceptors (Lipinski definition) is 8. The quantitative estimate of drug-likeness (QED) is 0.158. The minimum atomic E-state index is -0.853. The van der Waals surface area contributed by atoms with Gasteiger partial charge in [-0.05, 0) is 43.5 Å². The molecule has 5 heterocycles. The largest absolute Gasteiger partial charge is 0.397 e. The van der Waals surface area contributed by atoms with E-state index in [9.17, 15) is 9.59 Å². The molecular formula is C32H32Cl3FN8O2. The fraction of sp³-hybridized carbons (Fsp3) is 0.344. The zero-order chi connectivity index (χ0) is 33.4. The Morgan fingerprint density at radius 3 is 2.54 bits per heavy atom. The first-order valence-electron chi connectivity index (χ1n) is 14.7. The van der Waals surface area contributed by atoms with Crippen LogP contribution in [0.25, 0.3) is 28.0 Å². The lowest BCUT2D eigenvalue weighted by Gasteiger charge is -2.45. The summed E-state index contributed by atoms with van der Waals surface area (Å²) in [6.45, 7) is 12.5. The zero-order valence-corrected chi connectivity index (χ0v) is 28.2. The number of carbonyl (C=O) groups excluding carboxylic acids is 1. The first-order valence-corrected chi connectivity index (χ1v) is 15.9. The van der Waals surface area contributed by atoms with Crippen LogP contribution in [0.15, 0.2) is 35.8 Å². The number of carbonyl (C=O) groups is 1. The molecule has 2 N–H and O–H groups in total. The van der Waals surface area contributed by atoms with Crippen molar-refractivity contribution < 1.29 is 9.18 Å². The highest BCUT2D eigenvalue weighted by atomic mass is 35.5. The van der Waals surface area contributed by atoms with Gasteiger partial charge < -0.3 is 20.4 Å². The fourth-order valence-corrected chi connectivity index (χ4v) is 7.38. The molecule has 240 valence electrons. The smallest absolute Gasteiger partial charge is 0.355 e. The van der Waals surface area contributed by atoms with Crippen molar-refractivity contribution in [1.82, 2.24) is 24.4 Å². The lowest BCUT2D eigenvalue weighted by molar-refractivity contribution is -0.128. The number of anilines is 3. The summed E-state index contributed by atoms with van der Waals surface area (Å²) in [6.07, 6.45) is 2.98. The molecule has 0 radical (unpaired) electrons. The Hall–Kier alpha value is -3.93. The standard InChI is InChI=1S/C32H32Cl3FN8O2/c1-7-20(45)42-13-17-12-41(6)29-22-30(43(17)11-16(42)5)40-32(46)44(28-15(4)8-9-38-26(28)14(2)3)31(22)39-27(23(29)35)21-24(36)18(33)10-19(34)25(21)37/h7-10,14,16-17H,1,11-13,37H2,2-6H3. The highest BCUT2D eigenvalue weighted by molar-refractivity contribution is 6.40. The van der Waals surface area contributed by atoms with Crippen molar-refractivity contribution in [3.8, 4) is 16.9 Å². The van der Waals surface area contributed by atoms with Gasteiger partial charge in [0.25, 0.3) is 0 Å². The SMILES string of the molecule is C=CC(=O)N1CC2CN(C)c3c(Cl)c(-c4c(N)c(Cl)cc(Cl)c4F)nc4c3c(nc(=O)n4-c3c(C)ccnc3C(C)C)N2CC1C. The van der Waals surface area contributed by atoms with Gasteiger partial charge in [-0.1, -0.05) is 55.2 Å². The topological polar surface area (TPSA) is 113 Å². The van der Waals surface area contributed by atoms with Crippen LogP contribution < -0.4 is 21.2 Å². The van der Waals surface area contributed by atoms with Crippen molar-refractivity contribution in [2.24, 2.45) is 0 Å². The Morgan fingerprint density at radius 1 is 1.15 bits per heavy atom. The molecule has 3 aromatic heterocycles. The molecule has 14 heteroatoms. The molecular weight excluding hydrogens is 654 g/mol. The fourth-order valence-electron chi connectivity index (χ4n) is 6.54. The van der Waals surface area contributed by atoms with Crippen LogP contribution in [0.4, 0.5) is 21.6 Å². The maximum atomic E-state index is 15.9. The number of aryl methyl sites for hydroxylation is 1. The molecule has 1 fully saturated rings.